The zero-order chi connectivity index (χ0) is 22.4. The van der Waals surface area contributed by atoms with Crippen LogP contribution in [0, 0.1) is 0 Å². The standard InChI is InChI=1S/C21H19Cl2N5O3/c1-13(29)28(12-15-5-3-7-17(9-15)26-21(30)31)11-14-4-2-6-16(8-14)25-19-18(22)10-24-20(23)27-19/h2-10,26H,11-12H2,1H3,(H,30,31)(H,24,25,27). The normalized spacial score (nSPS) is 10.4. The first-order chi connectivity index (χ1) is 14.8. The predicted octanol–water partition coefficient (Wildman–Crippen LogP) is 5.17. The van der Waals surface area contributed by atoms with Crippen LogP contribution in [0.2, 0.25) is 10.3 Å². The van der Waals surface area contributed by atoms with E-state index in [0.29, 0.717) is 29.6 Å². The first-order valence-electron chi connectivity index (χ1n) is 9.18. The van der Waals surface area contributed by atoms with E-state index in [2.05, 4.69) is 20.6 Å². The van der Waals surface area contributed by atoms with E-state index in [1.165, 1.54) is 13.1 Å². The summed E-state index contributed by atoms with van der Waals surface area (Å²) in [7, 11) is 0. The van der Waals surface area contributed by atoms with Crippen LogP contribution in [0.3, 0.4) is 0 Å². The second kappa shape index (κ2) is 10.1. The third kappa shape index (κ3) is 6.56. The lowest BCUT2D eigenvalue weighted by atomic mass is 10.1. The number of nitrogens with one attached hydrogen (secondary N) is 2. The summed E-state index contributed by atoms with van der Waals surface area (Å²) in [6.45, 7) is 2.18. The molecule has 1 aromatic heterocycles. The van der Waals surface area contributed by atoms with Gasteiger partial charge < -0.3 is 15.3 Å². The second-order valence-electron chi connectivity index (χ2n) is 6.67. The molecule has 3 aromatic rings. The Bertz CT molecular complexity index is 1110. The van der Waals surface area contributed by atoms with Crippen molar-refractivity contribution >= 4 is 52.4 Å². The molecule has 0 unspecified atom stereocenters. The molecule has 0 aliphatic carbocycles. The van der Waals surface area contributed by atoms with Gasteiger partial charge in [0.25, 0.3) is 0 Å². The number of carbonyl (C=O) groups excluding carboxylic acids is 1. The number of benzene rings is 2. The minimum atomic E-state index is -1.14. The van der Waals surface area contributed by atoms with E-state index in [4.69, 9.17) is 28.3 Å². The van der Waals surface area contributed by atoms with Crippen molar-refractivity contribution in [1.82, 2.24) is 14.9 Å². The van der Waals surface area contributed by atoms with Crippen molar-refractivity contribution in [3.05, 3.63) is 76.2 Å². The van der Waals surface area contributed by atoms with E-state index in [9.17, 15) is 9.59 Å². The highest BCUT2D eigenvalue weighted by atomic mass is 35.5. The molecule has 1 heterocycles. The molecule has 0 atom stereocenters. The van der Waals surface area contributed by atoms with Crippen LogP contribution in [0.25, 0.3) is 0 Å². The van der Waals surface area contributed by atoms with Gasteiger partial charge in [0.15, 0.2) is 5.82 Å². The summed E-state index contributed by atoms with van der Waals surface area (Å²) in [5.41, 5.74) is 2.86. The van der Waals surface area contributed by atoms with Gasteiger partial charge in [-0.25, -0.2) is 9.78 Å². The molecule has 3 N–H and O–H groups in total. The topological polar surface area (TPSA) is 107 Å². The first-order valence-corrected chi connectivity index (χ1v) is 9.94. The zero-order valence-corrected chi connectivity index (χ0v) is 18.0. The molecule has 0 aliphatic heterocycles. The Morgan fingerprint density at radius 1 is 1.03 bits per heavy atom. The quantitative estimate of drug-likeness (QED) is 0.420. The molecule has 10 heteroatoms. The maximum absolute atomic E-state index is 12.2. The molecule has 31 heavy (non-hydrogen) atoms. The van der Waals surface area contributed by atoms with E-state index in [1.807, 2.05) is 30.3 Å². The fourth-order valence-corrected chi connectivity index (χ4v) is 3.18. The van der Waals surface area contributed by atoms with Gasteiger partial charge in [-0.05, 0) is 47.0 Å². The first kappa shape index (κ1) is 22.3. The van der Waals surface area contributed by atoms with Gasteiger partial charge in [0.2, 0.25) is 11.2 Å². The lowest BCUT2D eigenvalue weighted by Gasteiger charge is -2.22. The molecule has 0 radical (unpaired) electrons. The molecule has 8 nitrogen and oxygen atoms in total. The lowest BCUT2D eigenvalue weighted by Crippen LogP contribution is -2.27. The number of aromatic nitrogens is 2. The van der Waals surface area contributed by atoms with Gasteiger partial charge in [0, 0.05) is 31.4 Å². The number of amides is 2. The van der Waals surface area contributed by atoms with Crippen molar-refractivity contribution in [2.75, 3.05) is 10.6 Å². The summed E-state index contributed by atoms with van der Waals surface area (Å²) in [6.07, 6.45) is 0.267. The summed E-state index contributed by atoms with van der Waals surface area (Å²) >= 11 is 11.9. The SMILES string of the molecule is CC(=O)N(Cc1cccc(NC(=O)O)c1)Cc1cccc(Nc2nc(Cl)ncc2Cl)c1. The molecule has 160 valence electrons. The number of hydrogen-bond acceptors (Lipinski definition) is 5. The van der Waals surface area contributed by atoms with Crippen molar-refractivity contribution in [3.8, 4) is 0 Å². The highest BCUT2D eigenvalue weighted by Gasteiger charge is 2.12. The Labute approximate surface area is 188 Å². The molecule has 0 saturated carbocycles. The number of carbonyl (C=O) groups is 2. The average Bonchev–Trinajstić information content (AvgIpc) is 2.70. The summed E-state index contributed by atoms with van der Waals surface area (Å²) in [5.74, 6) is 0.269. The molecule has 0 saturated heterocycles. The molecular weight excluding hydrogens is 441 g/mol. The molecule has 2 amide bonds. The summed E-state index contributed by atoms with van der Waals surface area (Å²) in [6, 6.07) is 14.4. The number of anilines is 3. The van der Waals surface area contributed by atoms with Crippen molar-refractivity contribution in [1.29, 1.82) is 0 Å². The Morgan fingerprint density at radius 3 is 2.26 bits per heavy atom. The fourth-order valence-electron chi connectivity index (χ4n) is 2.91. The fraction of sp³-hybridized carbons (Fsp3) is 0.143. The van der Waals surface area contributed by atoms with Gasteiger partial charge in [0.1, 0.15) is 5.02 Å². The van der Waals surface area contributed by atoms with Crippen LogP contribution in [0.1, 0.15) is 18.1 Å². The van der Waals surface area contributed by atoms with Crippen LogP contribution < -0.4 is 10.6 Å². The molecular formula is C21H19Cl2N5O3. The van der Waals surface area contributed by atoms with Gasteiger partial charge in [-0.3, -0.25) is 10.1 Å². The second-order valence-corrected chi connectivity index (χ2v) is 7.41. The maximum Gasteiger partial charge on any atom is 0.409 e. The van der Waals surface area contributed by atoms with E-state index in [1.54, 1.807) is 23.1 Å². The monoisotopic (exact) mass is 459 g/mol. The van der Waals surface area contributed by atoms with Gasteiger partial charge >= 0.3 is 6.09 Å². The van der Waals surface area contributed by atoms with E-state index in [-0.39, 0.29) is 11.2 Å². The molecule has 2 aromatic carbocycles. The average molecular weight is 460 g/mol. The van der Waals surface area contributed by atoms with E-state index >= 15 is 0 Å². The molecule has 0 bridgehead atoms. The summed E-state index contributed by atoms with van der Waals surface area (Å²) < 4.78 is 0. The molecule has 0 fully saturated rings. The van der Waals surface area contributed by atoms with Gasteiger partial charge in [-0.1, -0.05) is 35.9 Å². The van der Waals surface area contributed by atoms with Crippen molar-refractivity contribution in [3.63, 3.8) is 0 Å². The van der Waals surface area contributed by atoms with Crippen LogP contribution in [0.5, 0.6) is 0 Å². The zero-order valence-electron chi connectivity index (χ0n) is 16.5. The Morgan fingerprint density at radius 2 is 1.65 bits per heavy atom. The number of rotatable bonds is 7. The molecule has 0 aliphatic rings. The third-order valence-electron chi connectivity index (χ3n) is 4.27. The van der Waals surface area contributed by atoms with Crippen LogP contribution >= 0.6 is 23.2 Å². The highest BCUT2D eigenvalue weighted by Crippen LogP contribution is 2.25. The Hall–Kier alpha value is -3.36. The maximum atomic E-state index is 12.2. The summed E-state index contributed by atoms with van der Waals surface area (Å²) in [5, 5.41) is 14.7. The Kier molecular flexibility index (Phi) is 7.28. The van der Waals surface area contributed by atoms with Crippen LogP contribution in [-0.4, -0.2) is 32.0 Å². The van der Waals surface area contributed by atoms with Gasteiger partial charge in [-0.15, -0.1) is 0 Å². The molecule has 3 rings (SSSR count). The van der Waals surface area contributed by atoms with E-state index in [0.717, 1.165) is 16.8 Å². The third-order valence-corrected chi connectivity index (χ3v) is 4.73. The largest absolute Gasteiger partial charge is 0.465 e. The van der Waals surface area contributed by atoms with Gasteiger partial charge in [-0.2, -0.15) is 4.98 Å². The number of halogens is 2. The van der Waals surface area contributed by atoms with Crippen molar-refractivity contribution < 1.29 is 14.7 Å². The van der Waals surface area contributed by atoms with Crippen LogP contribution in [0.4, 0.5) is 22.0 Å². The van der Waals surface area contributed by atoms with Crippen LogP contribution in [-0.2, 0) is 17.9 Å². The Balaban J connectivity index is 1.75. The highest BCUT2D eigenvalue weighted by molar-refractivity contribution is 6.33. The van der Waals surface area contributed by atoms with Gasteiger partial charge in [0.05, 0.1) is 6.20 Å². The predicted molar refractivity (Wildman–Crippen MR) is 120 cm³/mol. The number of nitrogens with zero attached hydrogens (tertiary/aromatic N) is 3. The summed E-state index contributed by atoms with van der Waals surface area (Å²) in [4.78, 5) is 32.6. The van der Waals surface area contributed by atoms with Crippen molar-refractivity contribution in [2.45, 2.75) is 20.0 Å². The minimum absolute atomic E-state index is 0.0745. The van der Waals surface area contributed by atoms with Crippen molar-refractivity contribution in [2.24, 2.45) is 0 Å². The smallest absolute Gasteiger partial charge is 0.409 e. The van der Waals surface area contributed by atoms with Crippen LogP contribution in [0.15, 0.2) is 54.7 Å². The molecule has 0 spiro atoms. The van der Waals surface area contributed by atoms with E-state index < -0.39 is 6.09 Å². The number of hydrogen-bond donors (Lipinski definition) is 3. The lowest BCUT2D eigenvalue weighted by molar-refractivity contribution is -0.130. The minimum Gasteiger partial charge on any atom is -0.465 e. The number of carboxylic acid groups (broad SMARTS) is 1.